The number of benzene rings is 1. The summed E-state index contributed by atoms with van der Waals surface area (Å²) in [4.78, 5) is 5.07. The highest BCUT2D eigenvalue weighted by Crippen LogP contribution is 2.34. The third kappa shape index (κ3) is 2.92. The summed E-state index contributed by atoms with van der Waals surface area (Å²) in [5.74, 6) is -0.311. The van der Waals surface area contributed by atoms with E-state index in [2.05, 4.69) is 23.6 Å². The molecule has 1 aromatic rings. The maximum absolute atomic E-state index is 13.2. The molecule has 116 valence electrons. The van der Waals surface area contributed by atoms with Gasteiger partial charge < -0.3 is 5.11 Å². The molecule has 0 aromatic heterocycles. The second-order valence-corrected chi connectivity index (χ2v) is 6.57. The maximum atomic E-state index is 13.2. The molecule has 2 aliphatic rings. The molecule has 2 saturated heterocycles. The monoisotopic (exact) mass is 292 g/mol. The molecular formula is C17H25FN2O. The lowest BCUT2D eigenvalue weighted by Crippen LogP contribution is -2.58. The lowest BCUT2D eigenvalue weighted by atomic mass is 9.94. The number of hydrogen-bond donors (Lipinski definition) is 1. The van der Waals surface area contributed by atoms with Crippen molar-refractivity contribution in [3.63, 3.8) is 0 Å². The molecule has 3 rings (SSSR count). The van der Waals surface area contributed by atoms with Gasteiger partial charge in [-0.15, -0.1) is 0 Å². The summed E-state index contributed by atoms with van der Waals surface area (Å²) in [7, 11) is 0. The van der Waals surface area contributed by atoms with Gasteiger partial charge in [-0.25, -0.2) is 4.39 Å². The van der Waals surface area contributed by atoms with Crippen LogP contribution in [0.2, 0.25) is 0 Å². The number of piperidine rings is 1. The highest BCUT2D eigenvalue weighted by atomic mass is 19.1. The van der Waals surface area contributed by atoms with E-state index in [0.717, 1.165) is 18.7 Å². The van der Waals surface area contributed by atoms with Gasteiger partial charge in [-0.1, -0.05) is 12.5 Å². The minimum Gasteiger partial charge on any atom is -0.508 e. The van der Waals surface area contributed by atoms with Crippen molar-refractivity contribution in [1.82, 2.24) is 9.80 Å². The molecule has 0 bridgehead atoms. The fraction of sp³-hybridized carbons (Fsp3) is 0.647. The molecule has 2 aliphatic heterocycles. The van der Waals surface area contributed by atoms with Crippen LogP contribution in [-0.2, 0) is 0 Å². The van der Waals surface area contributed by atoms with E-state index in [1.807, 2.05) is 0 Å². The van der Waals surface area contributed by atoms with E-state index in [1.165, 1.54) is 37.9 Å². The Morgan fingerprint density at radius 1 is 1.29 bits per heavy atom. The first-order chi connectivity index (χ1) is 10.1. The molecule has 0 aliphatic carbocycles. The van der Waals surface area contributed by atoms with Crippen LogP contribution in [0, 0.1) is 5.82 Å². The number of piperazine rings is 1. The van der Waals surface area contributed by atoms with Crippen molar-refractivity contribution in [2.24, 2.45) is 0 Å². The highest BCUT2D eigenvalue weighted by Gasteiger charge is 2.35. The van der Waals surface area contributed by atoms with Gasteiger partial charge in [0.1, 0.15) is 11.6 Å². The molecule has 0 saturated carbocycles. The lowest BCUT2D eigenvalue weighted by molar-refractivity contribution is -0.00501. The zero-order valence-corrected chi connectivity index (χ0v) is 12.9. The first-order valence-electron chi connectivity index (χ1n) is 8.04. The molecular weight excluding hydrogens is 267 g/mol. The van der Waals surface area contributed by atoms with Gasteiger partial charge >= 0.3 is 0 Å². The van der Waals surface area contributed by atoms with Crippen LogP contribution < -0.4 is 0 Å². The number of rotatable bonds is 2. The molecule has 3 unspecified atom stereocenters. The Bertz CT molecular complexity index is 508. The molecule has 1 N–H and O–H groups in total. The number of hydrogen-bond acceptors (Lipinski definition) is 3. The van der Waals surface area contributed by atoms with Crippen LogP contribution >= 0.6 is 0 Å². The molecule has 0 amide bonds. The van der Waals surface area contributed by atoms with Gasteiger partial charge in [-0.2, -0.15) is 0 Å². The van der Waals surface area contributed by atoms with Crippen molar-refractivity contribution in [3.8, 4) is 5.75 Å². The summed E-state index contributed by atoms with van der Waals surface area (Å²) in [6.07, 6.45) is 3.91. The summed E-state index contributed by atoms with van der Waals surface area (Å²) in [5, 5.41) is 10.0. The molecule has 3 atom stereocenters. The number of aromatic hydroxyl groups is 1. The van der Waals surface area contributed by atoms with Crippen molar-refractivity contribution in [1.29, 1.82) is 0 Å². The Labute approximate surface area is 126 Å². The van der Waals surface area contributed by atoms with Gasteiger partial charge in [-0.05, 0) is 39.3 Å². The van der Waals surface area contributed by atoms with Crippen LogP contribution in [0.15, 0.2) is 18.2 Å². The minimum absolute atomic E-state index is 0.0702. The average Bonchev–Trinajstić information content (AvgIpc) is 2.46. The SMILES string of the molecule is CC1CN2CCCCC2CN1C(C)c1ccc(F)cc1O. The summed E-state index contributed by atoms with van der Waals surface area (Å²) in [6.45, 7) is 7.72. The molecule has 0 spiro atoms. The van der Waals surface area contributed by atoms with Gasteiger partial charge in [0, 0.05) is 42.8 Å². The smallest absolute Gasteiger partial charge is 0.126 e. The number of phenolic OH excluding ortho intramolecular Hbond substituents is 1. The summed E-state index contributed by atoms with van der Waals surface area (Å²) in [6, 6.07) is 5.58. The predicted octanol–water partition coefficient (Wildman–Crippen LogP) is 3.15. The van der Waals surface area contributed by atoms with Gasteiger partial charge in [0.25, 0.3) is 0 Å². The quantitative estimate of drug-likeness (QED) is 0.907. The summed E-state index contributed by atoms with van der Waals surface area (Å²) < 4.78 is 13.2. The molecule has 21 heavy (non-hydrogen) atoms. The van der Waals surface area contributed by atoms with E-state index >= 15 is 0 Å². The fourth-order valence-corrected chi connectivity index (χ4v) is 3.96. The highest BCUT2D eigenvalue weighted by molar-refractivity contribution is 5.35. The molecule has 1 aromatic carbocycles. The number of phenols is 1. The second-order valence-electron chi connectivity index (χ2n) is 6.57. The van der Waals surface area contributed by atoms with Gasteiger partial charge in [0.2, 0.25) is 0 Å². The minimum atomic E-state index is -0.381. The molecule has 0 radical (unpaired) electrons. The Kier molecular flexibility index (Phi) is 4.18. The Hall–Kier alpha value is -1.13. The van der Waals surface area contributed by atoms with E-state index in [9.17, 15) is 9.50 Å². The van der Waals surface area contributed by atoms with Crippen LogP contribution in [0.3, 0.4) is 0 Å². The first kappa shape index (κ1) is 14.8. The third-order valence-corrected chi connectivity index (χ3v) is 5.18. The Morgan fingerprint density at radius 3 is 2.86 bits per heavy atom. The zero-order chi connectivity index (χ0) is 15.0. The molecule has 2 fully saturated rings. The van der Waals surface area contributed by atoms with Crippen LogP contribution in [0.1, 0.15) is 44.7 Å². The van der Waals surface area contributed by atoms with Gasteiger partial charge in [0.15, 0.2) is 0 Å². The topological polar surface area (TPSA) is 26.7 Å². The predicted molar refractivity (Wildman–Crippen MR) is 81.9 cm³/mol. The third-order valence-electron chi connectivity index (χ3n) is 5.18. The van der Waals surface area contributed by atoms with Crippen LogP contribution in [0.25, 0.3) is 0 Å². The van der Waals surface area contributed by atoms with Crippen molar-refractivity contribution < 1.29 is 9.50 Å². The van der Waals surface area contributed by atoms with E-state index in [0.29, 0.717) is 12.1 Å². The largest absolute Gasteiger partial charge is 0.508 e. The van der Waals surface area contributed by atoms with E-state index in [4.69, 9.17) is 0 Å². The molecule has 4 heteroatoms. The maximum Gasteiger partial charge on any atom is 0.126 e. The standard InChI is InChI=1S/C17H25FN2O/c1-12-10-19-8-4-3-5-15(19)11-20(12)13(2)16-7-6-14(18)9-17(16)21/h6-7,9,12-13,15,21H,3-5,8,10-11H2,1-2H3. The van der Waals surface area contributed by atoms with E-state index < -0.39 is 0 Å². The lowest BCUT2D eigenvalue weighted by Gasteiger charge is -2.49. The average molecular weight is 292 g/mol. The van der Waals surface area contributed by atoms with Crippen molar-refractivity contribution >= 4 is 0 Å². The van der Waals surface area contributed by atoms with Crippen molar-refractivity contribution in [2.75, 3.05) is 19.6 Å². The molecule has 3 nitrogen and oxygen atoms in total. The van der Waals surface area contributed by atoms with E-state index in [-0.39, 0.29) is 17.6 Å². The zero-order valence-electron chi connectivity index (χ0n) is 12.9. The van der Waals surface area contributed by atoms with Gasteiger partial charge in [-0.3, -0.25) is 9.80 Å². The first-order valence-corrected chi connectivity index (χ1v) is 8.04. The number of fused-ring (bicyclic) bond motifs is 1. The normalized spacial score (nSPS) is 29.1. The summed E-state index contributed by atoms with van der Waals surface area (Å²) in [5.41, 5.74) is 0.826. The van der Waals surface area contributed by atoms with Gasteiger partial charge in [0.05, 0.1) is 0 Å². The van der Waals surface area contributed by atoms with E-state index in [1.54, 1.807) is 6.07 Å². The van der Waals surface area contributed by atoms with Crippen molar-refractivity contribution in [2.45, 2.75) is 51.2 Å². The van der Waals surface area contributed by atoms with Crippen LogP contribution in [0.5, 0.6) is 5.75 Å². The fourth-order valence-electron chi connectivity index (χ4n) is 3.96. The molecule has 2 heterocycles. The summed E-state index contributed by atoms with van der Waals surface area (Å²) >= 11 is 0. The Balaban J connectivity index is 1.78. The number of halogens is 1. The number of nitrogens with zero attached hydrogens (tertiary/aromatic N) is 2. The Morgan fingerprint density at radius 2 is 2.10 bits per heavy atom. The van der Waals surface area contributed by atoms with Crippen molar-refractivity contribution in [3.05, 3.63) is 29.6 Å². The van der Waals surface area contributed by atoms with Crippen LogP contribution in [-0.4, -0.2) is 46.6 Å². The second kappa shape index (κ2) is 5.93. The van der Waals surface area contributed by atoms with Crippen LogP contribution in [0.4, 0.5) is 4.39 Å².